The Labute approximate surface area is 121 Å². The van der Waals surface area contributed by atoms with Gasteiger partial charge < -0.3 is 4.42 Å². The average molecular weight is 318 g/mol. The Hall–Kier alpha value is -1.53. The molecule has 0 saturated carbocycles. The highest BCUT2D eigenvalue weighted by molar-refractivity contribution is 7.92. The Morgan fingerprint density at radius 3 is 2.50 bits per heavy atom. The summed E-state index contributed by atoms with van der Waals surface area (Å²) in [6.45, 7) is 3.84. The Kier molecular flexibility index (Phi) is 4.06. The van der Waals surface area contributed by atoms with Crippen LogP contribution in [0.5, 0.6) is 0 Å². The number of nitrogens with one attached hydrogen (secondary N) is 1. The van der Waals surface area contributed by atoms with Crippen molar-refractivity contribution in [3.05, 3.63) is 47.1 Å². The van der Waals surface area contributed by atoms with Crippen LogP contribution in [0.3, 0.4) is 0 Å². The number of rotatable bonds is 4. The van der Waals surface area contributed by atoms with E-state index in [1.807, 2.05) is 13.8 Å². The van der Waals surface area contributed by atoms with Gasteiger partial charge >= 0.3 is 0 Å². The third-order valence-electron chi connectivity index (χ3n) is 2.78. The topological polar surface area (TPSA) is 59.3 Å². The summed E-state index contributed by atoms with van der Waals surface area (Å²) in [7, 11) is -3.97. The van der Waals surface area contributed by atoms with Gasteiger partial charge in [-0.2, -0.15) is 0 Å². The lowest BCUT2D eigenvalue weighted by Gasteiger charge is -2.10. The number of benzene rings is 1. The lowest BCUT2D eigenvalue weighted by Crippen LogP contribution is -2.13. The molecule has 0 aliphatic rings. The molecule has 1 N–H and O–H groups in total. The number of anilines is 1. The molecule has 108 valence electrons. The van der Waals surface area contributed by atoms with Crippen LogP contribution in [0, 0.1) is 5.82 Å². The van der Waals surface area contributed by atoms with Crippen LogP contribution in [0.25, 0.3) is 0 Å². The molecule has 20 heavy (non-hydrogen) atoms. The van der Waals surface area contributed by atoms with Gasteiger partial charge in [0.25, 0.3) is 10.0 Å². The summed E-state index contributed by atoms with van der Waals surface area (Å²) in [6.07, 6.45) is 1.15. The largest absolute Gasteiger partial charge is 0.451 e. The summed E-state index contributed by atoms with van der Waals surface area (Å²) < 4.78 is 44.8. The molecule has 0 unspecified atom stereocenters. The molecule has 0 aliphatic carbocycles. The standard InChI is InChI=1S/C13H13ClFNO3S/c1-8(2)9-3-4-11(10(15)7-9)16-20(17,18)12-5-6-19-13(12)14/h3-8,16H,1-2H3. The third-order valence-corrected chi connectivity index (χ3v) is 4.57. The third kappa shape index (κ3) is 2.96. The Morgan fingerprint density at radius 1 is 1.30 bits per heavy atom. The first-order valence-corrected chi connectivity index (χ1v) is 7.72. The molecule has 0 aliphatic heterocycles. The van der Waals surface area contributed by atoms with E-state index in [1.54, 1.807) is 6.07 Å². The van der Waals surface area contributed by atoms with E-state index >= 15 is 0 Å². The van der Waals surface area contributed by atoms with E-state index < -0.39 is 15.8 Å². The molecular weight excluding hydrogens is 305 g/mol. The summed E-state index contributed by atoms with van der Waals surface area (Å²) in [4.78, 5) is -0.230. The number of hydrogen-bond donors (Lipinski definition) is 1. The van der Waals surface area contributed by atoms with E-state index in [9.17, 15) is 12.8 Å². The van der Waals surface area contributed by atoms with Crippen LogP contribution in [0.1, 0.15) is 25.3 Å². The Balaban J connectivity index is 2.33. The molecule has 1 aromatic heterocycles. The fraction of sp³-hybridized carbons (Fsp3) is 0.231. The van der Waals surface area contributed by atoms with Gasteiger partial charge in [0.2, 0.25) is 5.22 Å². The van der Waals surface area contributed by atoms with E-state index in [2.05, 4.69) is 4.72 Å². The first-order chi connectivity index (χ1) is 9.31. The minimum atomic E-state index is -3.97. The van der Waals surface area contributed by atoms with Crippen molar-refractivity contribution in [1.29, 1.82) is 0 Å². The Bertz CT molecular complexity index is 725. The van der Waals surface area contributed by atoms with E-state index in [1.165, 1.54) is 18.2 Å². The number of furan rings is 1. The van der Waals surface area contributed by atoms with Crippen molar-refractivity contribution in [2.24, 2.45) is 0 Å². The monoisotopic (exact) mass is 317 g/mol. The summed E-state index contributed by atoms with van der Waals surface area (Å²) in [5.74, 6) is -0.488. The molecule has 1 aromatic carbocycles. The van der Waals surface area contributed by atoms with E-state index in [0.29, 0.717) is 0 Å². The zero-order chi connectivity index (χ0) is 14.9. The zero-order valence-corrected chi connectivity index (χ0v) is 12.4. The van der Waals surface area contributed by atoms with Crippen LogP contribution in [0.4, 0.5) is 10.1 Å². The number of sulfonamides is 1. The Morgan fingerprint density at radius 2 is 2.00 bits per heavy atom. The van der Waals surface area contributed by atoms with Crippen molar-refractivity contribution in [1.82, 2.24) is 0 Å². The van der Waals surface area contributed by atoms with Crippen LogP contribution >= 0.6 is 11.6 Å². The maximum Gasteiger partial charge on any atom is 0.266 e. The highest BCUT2D eigenvalue weighted by Gasteiger charge is 2.22. The quantitative estimate of drug-likeness (QED) is 0.927. The van der Waals surface area contributed by atoms with E-state index in [4.69, 9.17) is 16.0 Å². The smallest absolute Gasteiger partial charge is 0.266 e. The minimum Gasteiger partial charge on any atom is -0.451 e. The summed E-state index contributed by atoms with van der Waals surface area (Å²) in [5.41, 5.74) is 0.651. The molecule has 4 nitrogen and oxygen atoms in total. The molecule has 0 fully saturated rings. The predicted octanol–water partition coefficient (Wildman–Crippen LogP) is 4.00. The van der Waals surface area contributed by atoms with Gasteiger partial charge in [0.15, 0.2) is 0 Å². The molecule has 0 bridgehead atoms. The summed E-state index contributed by atoms with van der Waals surface area (Å²) >= 11 is 5.62. The normalized spacial score (nSPS) is 11.8. The zero-order valence-electron chi connectivity index (χ0n) is 10.9. The fourth-order valence-corrected chi connectivity index (χ4v) is 3.13. The van der Waals surface area contributed by atoms with Crippen molar-refractivity contribution in [2.75, 3.05) is 4.72 Å². The first-order valence-electron chi connectivity index (χ1n) is 5.86. The lowest BCUT2D eigenvalue weighted by atomic mass is 10.0. The van der Waals surface area contributed by atoms with E-state index in [-0.39, 0.29) is 21.7 Å². The van der Waals surface area contributed by atoms with Crippen molar-refractivity contribution < 1.29 is 17.2 Å². The van der Waals surface area contributed by atoms with Gasteiger partial charge in [-0.1, -0.05) is 19.9 Å². The molecule has 0 radical (unpaired) electrons. The molecular formula is C13H13ClFNO3S. The molecule has 0 amide bonds. The second-order valence-electron chi connectivity index (χ2n) is 4.56. The number of hydrogen-bond acceptors (Lipinski definition) is 3. The van der Waals surface area contributed by atoms with Gasteiger partial charge in [-0.15, -0.1) is 0 Å². The van der Waals surface area contributed by atoms with Gasteiger partial charge in [-0.05, 0) is 41.3 Å². The maximum atomic E-state index is 13.9. The molecule has 7 heteroatoms. The van der Waals surface area contributed by atoms with Gasteiger partial charge in [0.1, 0.15) is 10.7 Å². The molecule has 0 saturated heterocycles. The molecule has 2 rings (SSSR count). The highest BCUT2D eigenvalue weighted by atomic mass is 35.5. The van der Waals surface area contributed by atoms with Crippen LogP contribution in [-0.2, 0) is 10.0 Å². The van der Waals surface area contributed by atoms with Crippen LogP contribution in [0.15, 0.2) is 39.8 Å². The van der Waals surface area contributed by atoms with Crippen molar-refractivity contribution >= 4 is 27.3 Å². The van der Waals surface area contributed by atoms with Crippen LogP contribution in [0.2, 0.25) is 5.22 Å². The highest BCUT2D eigenvalue weighted by Crippen LogP contribution is 2.27. The summed E-state index contributed by atoms with van der Waals surface area (Å²) in [5, 5.41) is -0.267. The predicted molar refractivity (Wildman–Crippen MR) is 75.0 cm³/mol. The second kappa shape index (κ2) is 5.46. The van der Waals surface area contributed by atoms with Crippen LogP contribution < -0.4 is 4.72 Å². The molecule has 0 spiro atoms. The molecule has 2 aromatic rings. The van der Waals surface area contributed by atoms with Gasteiger partial charge in [-0.25, -0.2) is 12.8 Å². The van der Waals surface area contributed by atoms with Crippen molar-refractivity contribution in [3.63, 3.8) is 0 Å². The van der Waals surface area contributed by atoms with Crippen molar-refractivity contribution in [2.45, 2.75) is 24.7 Å². The van der Waals surface area contributed by atoms with Crippen molar-refractivity contribution in [3.8, 4) is 0 Å². The molecule has 0 atom stereocenters. The average Bonchev–Trinajstić information content (AvgIpc) is 2.78. The fourth-order valence-electron chi connectivity index (χ4n) is 1.65. The SMILES string of the molecule is CC(C)c1ccc(NS(=O)(=O)c2ccoc2Cl)c(F)c1. The minimum absolute atomic E-state index is 0.133. The maximum absolute atomic E-state index is 13.9. The van der Waals surface area contributed by atoms with Crippen LogP contribution in [-0.4, -0.2) is 8.42 Å². The summed E-state index contributed by atoms with van der Waals surface area (Å²) in [6, 6.07) is 5.56. The van der Waals surface area contributed by atoms with E-state index in [0.717, 1.165) is 11.8 Å². The van der Waals surface area contributed by atoms with Gasteiger partial charge in [0, 0.05) is 0 Å². The number of halogens is 2. The first kappa shape index (κ1) is 14.9. The van der Waals surface area contributed by atoms with Gasteiger partial charge in [0.05, 0.1) is 12.0 Å². The van der Waals surface area contributed by atoms with Gasteiger partial charge in [-0.3, -0.25) is 4.72 Å². The second-order valence-corrected chi connectivity index (χ2v) is 6.55. The lowest BCUT2D eigenvalue weighted by molar-refractivity contribution is 0.559. The molecule has 1 heterocycles.